The third-order valence-electron chi connectivity index (χ3n) is 5.39. The number of nitrogens with zero attached hydrogens (tertiary/aromatic N) is 5. The summed E-state index contributed by atoms with van der Waals surface area (Å²) in [5, 5.41) is 7.07. The molecule has 1 saturated heterocycles. The lowest BCUT2D eigenvalue weighted by Gasteiger charge is -2.15. The van der Waals surface area contributed by atoms with Gasteiger partial charge in [-0.3, -0.25) is 14.3 Å². The Kier molecular flexibility index (Phi) is 6.19. The molecule has 1 aliphatic rings. The fourth-order valence-corrected chi connectivity index (χ4v) is 5.13. The predicted octanol–water partition coefficient (Wildman–Crippen LogP) is 0.858. The van der Waals surface area contributed by atoms with E-state index in [1.54, 1.807) is 25.5 Å². The largest absolute Gasteiger partial charge is 0.350 e. The van der Waals surface area contributed by atoms with Crippen LogP contribution in [-0.2, 0) is 23.6 Å². The third kappa shape index (κ3) is 4.34. The maximum Gasteiger partial charge on any atom is 0.345 e. The summed E-state index contributed by atoms with van der Waals surface area (Å²) in [4.78, 5) is 29.1. The van der Waals surface area contributed by atoms with Crippen molar-refractivity contribution in [2.24, 2.45) is 7.05 Å². The van der Waals surface area contributed by atoms with Crippen molar-refractivity contribution in [2.45, 2.75) is 24.3 Å². The lowest BCUT2D eigenvalue weighted by Crippen LogP contribution is -2.32. The summed E-state index contributed by atoms with van der Waals surface area (Å²) >= 11 is 0. The van der Waals surface area contributed by atoms with Gasteiger partial charge in [-0.25, -0.2) is 17.9 Å². The molecule has 0 spiro atoms. The molecule has 0 radical (unpaired) electrons. The number of rotatable bonds is 7. The van der Waals surface area contributed by atoms with Gasteiger partial charge in [0.15, 0.2) is 5.82 Å². The maximum atomic E-state index is 12.6. The predicted molar refractivity (Wildman–Crippen MR) is 117 cm³/mol. The summed E-state index contributed by atoms with van der Waals surface area (Å²) in [6.45, 7) is 1.44. The molecule has 0 bridgehead atoms. The minimum absolute atomic E-state index is 0.180. The molecule has 10 nitrogen and oxygen atoms in total. The van der Waals surface area contributed by atoms with Crippen LogP contribution in [0.3, 0.4) is 0 Å². The quantitative estimate of drug-likeness (QED) is 0.563. The molecule has 168 valence electrons. The van der Waals surface area contributed by atoms with E-state index in [2.05, 4.69) is 15.4 Å². The van der Waals surface area contributed by atoms with Crippen LogP contribution in [0, 0.1) is 0 Å². The molecule has 0 atom stereocenters. The number of nitrogens with one attached hydrogen (secondary N) is 1. The first-order valence-electron chi connectivity index (χ1n) is 10.3. The van der Waals surface area contributed by atoms with E-state index >= 15 is 0 Å². The minimum atomic E-state index is -3.52. The van der Waals surface area contributed by atoms with E-state index in [-0.39, 0.29) is 29.6 Å². The first-order chi connectivity index (χ1) is 15.4. The zero-order chi connectivity index (χ0) is 22.7. The minimum Gasteiger partial charge on any atom is -0.350 e. The molecule has 11 heteroatoms. The van der Waals surface area contributed by atoms with Crippen LogP contribution in [0.2, 0.25) is 0 Å². The Balaban J connectivity index is 1.38. The van der Waals surface area contributed by atoms with Gasteiger partial charge in [0, 0.05) is 50.2 Å². The highest BCUT2D eigenvalue weighted by molar-refractivity contribution is 7.89. The molecule has 1 aromatic carbocycles. The van der Waals surface area contributed by atoms with E-state index in [0.29, 0.717) is 24.5 Å². The lowest BCUT2D eigenvalue weighted by molar-refractivity contribution is 0.0951. The first-order valence-corrected chi connectivity index (χ1v) is 11.7. The molecule has 32 heavy (non-hydrogen) atoms. The molecular weight excluding hydrogens is 432 g/mol. The number of amides is 1. The molecule has 1 fully saturated rings. The Bertz CT molecular complexity index is 1260. The Hall–Kier alpha value is -3.31. The van der Waals surface area contributed by atoms with E-state index in [1.807, 2.05) is 6.07 Å². The van der Waals surface area contributed by atoms with Crippen molar-refractivity contribution in [2.75, 3.05) is 19.6 Å². The van der Waals surface area contributed by atoms with Crippen LogP contribution >= 0.6 is 0 Å². The van der Waals surface area contributed by atoms with Gasteiger partial charge in [-0.15, -0.1) is 5.10 Å². The Morgan fingerprint density at radius 2 is 1.84 bits per heavy atom. The molecular formula is C21H24N6O4S. The van der Waals surface area contributed by atoms with Gasteiger partial charge in [-0.1, -0.05) is 0 Å². The van der Waals surface area contributed by atoms with Crippen LogP contribution < -0.4 is 11.0 Å². The maximum absolute atomic E-state index is 12.6. The molecule has 3 aromatic rings. The monoisotopic (exact) mass is 456 g/mol. The molecule has 1 amide bonds. The van der Waals surface area contributed by atoms with Gasteiger partial charge in [0.2, 0.25) is 10.0 Å². The van der Waals surface area contributed by atoms with Crippen molar-refractivity contribution in [3.05, 3.63) is 64.8 Å². The van der Waals surface area contributed by atoms with Crippen molar-refractivity contribution in [1.29, 1.82) is 0 Å². The highest BCUT2D eigenvalue weighted by Crippen LogP contribution is 2.21. The Morgan fingerprint density at radius 1 is 1.12 bits per heavy atom. The number of benzene rings is 1. The molecule has 0 unspecified atom stereocenters. The fourth-order valence-electron chi connectivity index (χ4n) is 3.61. The lowest BCUT2D eigenvalue weighted by atomic mass is 10.2. The third-order valence-corrected chi connectivity index (χ3v) is 7.30. The van der Waals surface area contributed by atoms with Gasteiger partial charge in [-0.2, -0.15) is 4.31 Å². The summed E-state index contributed by atoms with van der Waals surface area (Å²) in [6, 6.07) is 9.46. The SMILES string of the molecule is Cn1c(-c2cccnc2)nn(CCNC(=O)c2ccc(S(=O)(=O)N3CCCC3)cc2)c1=O. The van der Waals surface area contributed by atoms with Crippen LogP contribution in [-0.4, -0.2) is 57.6 Å². The molecule has 1 N–H and O–H groups in total. The van der Waals surface area contributed by atoms with Crippen molar-refractivity contribution >= 4 is 15.9 Å². The highest BCUT2D eigenvalue weighted by atomic mass is 32.2. The van der Waals surface area contributed by atoms with Crippen molar-refractivity contribution < 1.29 is 13.2 Å². The summed E-state index contributed by atoms with van der Waals surface area (Å²) in [5.41, 5.74) is 0.767. The number of carbonyl (C=O) groups is 1. The van der Waals surface area contributed by atoms with Gasteiger partial charge < -0.3 is 5.32 Å². The summed E-state index contributed by atoms with van der Waals surface area (Å²) in [6.07, 6.45) is 5.00. The van der Waals surface area contributed by atoms with Gasteiger partial charge in [0.05, 0.1) is 11.4 Å². The topological polar surface area (TPSA) is 119 Å². The van der Waals surface area contributed by atoms with E-state index in [9.17, 15) is 18.0 Å². The summed E-state index contributed by atoms with van der Waals surface area (Å²) in [7, 11) is -1.89. The van der Waals surface area contributed by atoms with Gasteiger partial charge in [-0.05, 0) is 49.2 Å². The molecule has 1 aliphatic heterocycles. The first kappa shape index (κ1) is 21.9. The number of sulfonamides is 1. The van der Waals surface area contributed by atoms with Crippen molar-refractivity contribution in [3.63, 3.8) is 0 Å². The normalized spacial score (nSPS) is 14.5. The fraction of sp³-hybridized carbons (Fsp3) is 0.333. The molecule has 2 aromatic heterocycles. The summed E-state index contributed by atoms with van der Waals surface area (Å²) < 4.78 is 29.4. The van der Waals surface area contributed by atoms with E-state index < -0.39 is 10.0 Å². The molecule has 0 aliphatic carbocycles. The van der Waals surface area contributed by atoms with Crippen LogP contribution in [0.1, 0.15) is 23.2 Å². The number of pyridine rings is 1. The summed E-state index contributed by atoms with van der Waals surface area (Å²) in [5.74, 6) is 0.135. The Morgan fingerprint density at radius 3 is 2.50 bits per heavy atom. The number of hydrogen-bond donors (Lipinski definition) is 1. The van der Waals surface area contributed by atoms with E-state index in [1.165, 1.54) is 37.8 Å². The number of carbonyl (C=O) groups excluding carboxylic acids is 1. The zero-order valence-corrected chi connectivity index (χ0v) is 18.5. The zero-order valence-electron chi connectivity index (χ0n) is 17.6. The molecule has 3 heterocycles. The van der Waals surface area contributed by atoms with Crippen LogP contribution in [0.5, 0.6) is 0 Å². The molecule has 0 saturated carbocycles. The van der Waals surface area contributed by atoms with Crippen LogP contribution in [0.25, 0.3) is 11.4 Å². The average molecular weight is 457 g/mol. The second-order valence-corrected chi connectivity index (χ2v) is 9.46. The number of hydrogen-bond acceptors (Lipinski definition) is 6. The van der Waals surface area contributed by atoms with Crippen LogP contribution in [0.4, 0.5) is 0 Å². The Labute approximate surface area is 185 Å². The second kappa shape index (κ2) is 9.05. The van der Waals surface area contributed by atoms with E-state index in [0.717, 1.165) is 18.4 Å². The van der Waals surface area contributed by atoms with Crippen molar-refractivity contribution in [3.8, 4) is 11.4 Å². The number of aromatic nitrogens is 4. The standard InChI is InChI=1S/C21H24N6O4S/c1-25-19(17-5-4-10-22-15-17)24-27(21(25)29)14-11-23-20(28)16-6-8-18(9-7-16)32(30,31)26-12-2-3-13-26/h4-10,15H,2-3,11-14H2,1H3,(H,23,28). The smallest absolute Gasteiger partial charge is 0.345 e. The average Bonchev–Trinajstić information content (AvgIpc) is 3.45. The highest BCUT2D eigenvalue weighted by Gasteiger charge is 2.27. The second-order valence-electron chi connectivity index (χ2n) is 7.52. The van der Waals surface area contributed by atoms with E-state index in [4.69, 9.17) is 0 Å². The van der Waals surface area contributed by atoms with Gasteiger partial charge in [0.25, 0.3) is 5.91 Å². The molecule has 4 rings (SSSR count). The van der Waals surface area contributed by atoms with Gasteiger partial charge in [0.1, 0.15) is 0 Å². The van der Waals surface area contributed by atoms with Crippen LogP contribution in [0.15, 0.2) is 58.5 Å². The van der Waals surface area contributed by atoms with Gasteiger partial charge >= 0.3 is 5.69 Å². The van der Waals surface area contributed by atoms with Crippen molar-refractivity contribution in [1.82, 2.24) is 29.0 Å².